The molecule has 2 aromatic carbocycles. The maximum absolute atomic E-state index is 13.5. The number of halogens is 1. The second kappa shape index (κ2) is 9.76. The number of aryl methyl sites for hydroxylation is 2. The first-order valence-corrected chi connectivity index (χ1v) is 12.8. The maximum Gasteiger partial charge on any atom is 0.257 e. The monoisotopic (exact) mass is 494 g/mol. The molecule has 0 saturated carbocycles. The van der Waals surface area contributed by atoms with Crippen molar-refractivity contribution < 1.29 is 9.59 Å². The second-order valence-corrected chi connectivity index (χ2v) is 10.4. The zero-order valence-electron chi connectivity index (χ0n) is 19.1. The second-order valence-electron chi connectivity index (χ2n) is 8.88. The number of hydrogen-bond donors (Lipinski definition) is 1. The number of carbonyl (C=O) groups excluding carboxylic acids is 2. The van der Waals surface area contributed by atoms with E-state index >= 15 is 0 Å². The van der Waals surface area contributed by atoms with Gasteiger partial charge in [-0.2, -0.15) is 0 Å². The zero-order chi connectivity index (χ0) is 23.7. The molecule has 1 aliphatic heterocycles. The van der Waals surface area contributed by atoms with Crippen molar-refractivity contribution in [3.63, 3.8) is 0 Å². The summed E-state index contributed by atoms with van der Waals surface area (Å²) >= 11 is 7.64. The van der Waals surface area contributed by atoms with Crippen molar-refractivity contribution in [1.82, 2.24) is 9.88 Å². The van der Waals surface area contributed by atoms with Gasteiger partial charge in [-0.3, -0.25) is 14.9 Å². The molecule has 1 aliphatic carbocycles. The fraction of sp³-hybridized carbons (Fsp3) is 0.346. The first-order valence-electron chi connectivity index (χ1n) is 11.6. The molecule has 1 saturated heterocycles. The van der Waals surface area contributed by atoms with Crippen LogP contribution in [0.1, 0.15) is 45.3 Å². The average Bonchev–Trinajstić information content (AvgIpc) is 3.26. The molecular formula is C26H27ClN4O2S. The van der Waals surface area contributed by atoms with Crippen LogP contribution in [0.25, 0.3) is 0 Å². The molecule has 0 radical (unpaired) electrons. The van der Waals surface area contributed by atoms with E-state index in [1.165, 1.54) is 11.3 Å². The van der Waals surface area contributed by atoms with Gasteiger partial charge in [-0.25, -0.2) is 4.98 Å². The van der Waals surface area contributed by atoms with E-state index in [1.807, 2.05) is 54.3 Å². The Balaban J connectivity index is 1.25. The Labute approximate surface area is 208 Å². The summed E-state index contributed by atoms with van der Waals surface area (Å²) in [5, 5.41) is 4.22. The molecule has 1 N–H and O–H groups in total. The zero-order valence-corrected chi connectivity index (χ0v) is 20.7. The summed E-state index contributed by atoms with van der Waals surface area (Å²) in [6, 6.07) is 15.3. The van der Waals surface area contributed by atoms with E-state index in [0.717, 1.165) is 59.2 Å². The molecule has 34 heavy (non-hydrogen) atoms. The highest BCUT2D eigenvalue weighted by atomic mass is 35.5. The molecule has 2 aliphatic rings. The van der Waals surface area contributed by atoms with Crippen LogP contribution in [-0.2, 0) is 11.2 Å². The fourth-order valence-corrected chi connectivity index (χ4v) is 5.91. The van der Waals surface area contributed by atoms with E-state index in [4.69, 9.17) is 16.6 Å². The topological polar surface area (TPSA) is 65.5 Å². The van der Waals surface area contributed by atoms with E-state index in [2.05, 4.69) is 16.3 Å². The number of hydrogen-bond acceptors (Lipinski definition) is 5. The van der Waals surface area contributed by atoms with Gasteiger partial charge >= 0.3 is 0 Å². The molecule has 5 rings (SSSR count). The van der Waals surface area contributed by atoms with Crippen LogP contribution in [-0.4, -0.2) is 47.9 Å². The van der Waals surface area contributed by atoms with E-state index < -0.39 is 0 Å². The van der Waals surface area contributed by atoms with Crippen molar-refractivity contribution in [3.8, 4) is 0 Å². The van der Waals surface area contributed by atoms with Crippen molar-refractivity contribution in [2.75, 3.05) is 36.4 Å². The van der Waals surface area contributed by atoms with Crippen molar-refractivity contribution in [3.05, 3.63) is 75.3 Å². The summed E-state index contributed by atoms with van der Waals surface area (Å²) in [6.07, 6.45) is 2.66. The summed E-state index contributed by atoms with van der Waals surface area (Å²) in [4.78, 5) is 36.2. The van der Waals surface area contributed by atoms with Crippen molar-refractivity contribution in [1.29, 1.82) is 0 Å². The molecule has 0 bridgehead atoms. The largest absolute Gasteiger partial charge is 0.368 e. The van der Waals surface area contributed by atoms with Gasteiger partial charge in [0.2, 0.25) is 5.91 Å². The summed E-state index contributed by atoms with van der Waals surface area (Å²) < 4.78 is 0. The Bertz CT molecular complexity index is 1200. The Morgan fingerprint density at radius 3 is 2.59 bits per heavy atom. The van der Waals surface area contributed by atoms with Gasteiger partial charge in [0.1, 0.15) is 0 Å². The number of piperazine rings is 1. The van der Waals surface area contributed by atoms with Crippen molar-refractivity contribution >= 4 is 45.6 Å². The first kappa shape index (κ1) is 22.9. The standard InChI is InChI=1S/C26H27ClN4O2S/c1-17-8-10-18(11-9-17)24(32)29-26-28-23-21(6-3-7-22(23)34-26)25(33)31-14-12-30(13-15-31)20-5-2-4-19(27)16-20/h2,4-5,8-11,16,21H,3,6-7,12-15H2,1H3,(H,28,29,32). The van der Waals surface area contributed by atoms with Gasteiger partial charge in [-0.15, -0.1) is 11.3 Å². The van der Waals surface area contributed by atoms with E-state index in [-0.39, 0.29) is 17.7 Å². The van der Waals surface area contributed by atoms with Crippen LogP contribution in [0.2, 0.25) is 5.02 Å². The van der Waals surface area contributed by atoms with Crippen LogP contribution < -0.4 is 10.2 Å². The number of carbonyl (C=O) groups is 2. The van der Waals surface area contributed by atoms with E-state index in [9.17, 15) is 9.59 Å². The summed E-state index contributed by atoms with van der Waals surface area (Å²) in [5.74, 6) is -0.262. The Morgan fingerprint density at radius 2 is 1.85 bits per heavy atom. The third-order valence-electron chi connectivity index (χ3n) is 6.55. The molecule has 8 heteroatoms. The number of fused-ring (bicyclic) bond motifs is 1. The number of rotatable bonds is 4. The van der Waals surface area contributed by atoms with Crippen molar-refractivity contribution in [2.24, 2.45) is 0 Å². The third kappa shape index (κ3) is 4.81. The molecule has 0 spiro atoms. The van der Waals surface area contributed by atoms with Crippen LogP contribution in [0, 0.1) is 6.92 Å². The minimum atomic E-state index is -0.234. The Kier molecular flexibility index (Phi) is 6.57. The lowest BCUT2D eigenvalue weighted by atomic mass is 9.89. The van der Waals surface area contributed by atoms with Gasteiger partial charge in [0.15, 0.2) is 5.13 Å². The van der Waals surface area contributed by atoms with Gasteiger partial charge in [0.05, 0.1) is 11.6 Å². The van der Waals surface area contributed by atoms with Crippen LogP contribution in [0.3, 0.4) is 0 Å². The van der Waals surface area contributed by atoms with Crippen LogP contribution >= 0.6 is 22.9 Å². The number of amides is 2. The SMILES string of the molecule is Cc1ccc(C(=O)Nc2nc3c(s2)CCCC3C(=O)N2CCN(c3cccc(Cl)c3)CC2)cc1. The van der Waals surface area contributed by atoms with Crippen LogP contribution in [0.15, 0.2) is 48.5 Å². The lowest BCUT2D eigenvalue weighted by molar-refractivity contribution is -0.133. The third-order valence-corrected chi connectivity index (χ3v) is 7.83. The fourth-order valence-electron chi connectivity index (χ4n) is 4.66. The normalized spacial score (nSPS) is 17.9. The highest BCUT2D eigenvalue weighted by Gasteiger charge is 2.34. The number of nitrogens with zero attached hydrogens (tertiary/aromatic N) is 3. The molecule has 1 unspecified atom stereocenters. The van der Waals surface area contributed by atoms with Gasteiger partial charge in [0.25, 0.3) is 5.91 Å². The first-order chi connectivity index (χ1) is 16.5. The van der Waals surface area contributed by atoms with Crippen LogP contribution in [0.5, 0.6) is 0 Å². The molecule has 2 amide bonds. The Hall–Kier alpha value is -2.90. The minimum absolute atomic E-state index is 0.147. The number of anilines is 2. The van der Waals surface area contributed by atoms with Crippen LogP contribution in [0.4, 0.5) is 10.8 Å². The summed E-state index contributed by atoms with van der Waals surface area (Å²) in [7, 11) is 0. The lowest BCUT2D eigenvalue weighted by Crippen LogP contribution is -2.50. The number of thiazole rings is 1. The average molecular weight is 495 g/mol. The van der Waals surface area contributed by atoms with Gasteiger partial charge < -0.3 is 9.80 Å². The highest BCUT2D eigenvalue weighted by molar-refractivity contribution is 7.16. The number of aromatic nitrogens is 1. The van der Waals surface area contributed by atoms with E-state index in [0.29, 0.717) is 23.8 Å². The smallest absolute Gasteiger partial charge is 0.257 e. The lowest BCUT2D eigenvalue weighted by Gasteiger charge is -2.38. The molecule has 176 valence electrons. The molecular weight excluding hydrogens is 468 g/mol. The van der Waals surface area contributed by atoms with Gasteiger partial charge in [-0.05, 0) is 56.5 Å². The molecule has 1 fully saturated rings. The number of nitrogens with one attached hydrogen (secondary N) is 1. The summed E-state index contributed by atoms with van der Waals surface area (Å²) in [6.45, 7) is 4.91. The maximum atomic E-state index is 13.5. The quantitative estimate of drug-likeness (QED) is 0.546. The highest BCUT2D eigenvalue weighted by Crippen LogP contribution is 2.38. The summed E-state index contributed by atoms with van der Waals surface area (Å²) in [5.41, 5.74) is 3.64. The van der Waals surface area contributed by atoms with Crippen molar-refractivity contribution in [2.45, 2.75) is 32.1 Å². The number of benzene rings is 2. The van der Waals surface area contributed by atoms with Gasteiger partial charge in [0, 0.05) is 47.3 Å². The molecule has 3 aromatic rings. The Morgan fingerprint density at radius 1 is 1.09 bits per heavy atom. The molecule has 1 atom stereocenters. The molecule has 6 nitrogen and oxygen atoms in total. The van der Waals surface area contributed by atoms with E-state index in [1.54, 1.807) is 0 Å². The molecule has 1 aromatic heterocycles. The predicted molar refractivity (Wildman–Crippen MR) is 137 cm³/mol. The molecule has 2 heterocycles. The van der Waals surface area contributed by atoms with Gasteiger partial charge in [-0.1, -0.05) is 35.4 Å². The predicted octanol–water partition coefficient (Wildman–Crippen LogP) is 5.13. The minimum Gasteiger partial charge on any atom is -0.368 e.